The Morgan fingerprint density at radius 3 is 1.30 bits per heavy atom. The summed E-state index contributed by atoms with van der Waals surface area (Å²) >= 11 is 0. The Hall–Kier alpha value is -0.626. The Bertz CT molecular complexity index is 356. The first-order valence-electron chi connectivity index (χ1n) is 8.52. The summed E-state index contributed by atoms with van der Waals surface area (Å²) in [5.41, 5.74) is -0.424. The highest BCUT2D eigenvalue weighted by Gasteiger charge is 2.27. The summed E-state index contributed by atoms with van der Waals surface area (Å²) in [7, 11) is -2.37. The molecule has 0 spiro atoms. The SMILES string of the molecule is CC(C)(CC(=O)OCC[Si](C)(C)C)CC(=O)OCC[Si](C)(C)C. The minimum absolute atomic E-state index is 0.219. The second-order valence-electron chi connectivity index (χ2n) is 9.58. The highest BCUT2D eigenvalue weighted by molar-refractivity contribution is 6.76. The lowest BCUT2D eigenvalue weighted by Crippen LogP contribution is -2.27. The molecular formula is C17H36O4Si2. The second kappa shape index (κ2) is 9.01. The number of hydrogen-bond acceptors (Lipinski definition) is 4. The van der Waals surface area contributed by atoms with Crippen LogP contribution in [0.15, 0.2) is 0 Å². The summed E-state index contributed by atoms with van der Waals surface area (Å²) in [5.74, 6) is -0.439. The number of carbonyl (C=O) groups excluding carboxylic acids is 2. The van der Waals surface area contributed by atoms with Crippen molar-refractivity contribution in [2.24, 2.45) is 5.41 Å². The number of ether oxygens (including phenoxy) is 2. The maximum Gasteiger partial charge on any atom is 0.306 e. The first kappa shape index (κ1) is 22.4. The van der Waals surface area contributed by atoms with E-state index >= 15 is 0 Å². The molecule has 0 bridgehead atoms. The van der Waals surface area contributed by atoms with Gasteiger partial charge in [-0.1, -0.05) is 53.1 Å². The lowest BCUT2D eigenvalue weighted by Gasteiger charge is -2.23. The van der Waals surface area contributed by atoms with Gasteiger partial charge >= 0.3 is 11.9 Å². The molecule has 0 atom stereocenters. The molecule has 0 aliphatic carbocycles. The summed E-state index contributed by atoms with van der Waals surface area (Å²) in [6.07, 6.45) is 0.504. The maximum absolute atomic E-state index is 11.9. The maximum atomic E-state index is 11.9. The van der Waals surface area contributed by atoms with Gasteiger partial charge in [-0.15, -0.1) is 0 Å². The van der Waals surface area contributed by atoms with Gasteiger partial charge in [0.05, 0.1) is 26.1 Å². The van der Waals surface area contributed by atoms with Crippen LogP contribution in [-0.4, -0.2) is 41.3 Å². The number of hydrogen-bond donors (Lipinski definition) is 0. The number of carbonyl (C=O) groups is 2. The van der Waals surface area contributed by atoms with Crippen LogP contribution in [0.5, 0.6) is 0 Å². The molecule has 6 heteroatoms. The molecule has 0 heterocycles. The molecule has 0 unspecified atom stereocenters. The van der Waals surface area contributed by atoms with Crippen molar-refractivity contribution >= 4 is 28.1 Å². The zero-order valence-corrected chi connectivity index (χ0v) is 18.4. The van der Waals surface area contributed by atoms with Gasteiger partial charge in [0.1, 0.15) is 0 Å². The molecule has 0 rings (SSSR count). The lowest BCUT2D eigenvalue weighted by molar-refractivity contribution is -0.149. The normalized spacial score (nSPS) is 12.9. The van der Waals surface area contributed by atoms with E-state index in [1.54, 1.807) is 0 Å². The fourth-order valence-corrected chi connectivity index (χ4v) is 3.32. The topological polar surface area (TPSA) is 52.6 Å². The monoisotopic (exact) mass is 360 g/mol. The van der Waals surface area contributed by atoms with Gasteiger partial charge in [-0.3, -0.25) is 9.59 Å². The van der Waals surface area contributed by atoms with Crippen molar-refractivity contribution in [2.75, 3.05) is 13.2 Å². The van der Waals surface area contributed by atoms with Gasteiger partial charge in [0.2, 0.25) is 0 Å². The molecule has 0 aromatic heterocycles. The van der Waals surface area contributed by atoms with Crippen LogP contribution < -0.4 is 0 Å². The fourth-order valence-electron chi connectivity index (χ4n) is 1.89. The molecule has 0 amide bonds. The Morgan fingerprint density at radius 2 is 1.04 bits per heavy atom. The smallest absolute Gasteiger partial charge is 0.306 e. The van der Waals surface area contributed by atoms with Crippen molar-refractivity contribution in [2.45, 2.75) is 78.1 Å². The Labute approximate surface area is 144 Å². The summed E-state index contributed by atoms with van der Waals surface area (Å²) in [4.78, 5) is 23.8. The molecular weight excluding hydrogens is 324 g/mol. The molecule has 0 aliphatic rings. The predicted octanol–water partition coefficient (Wildman–Crippen LogP) is 4.56. The van der Waals surface area contributed by atoms with Gasteiger partial charge in [-0.2, -0.15) is 0 Å². The molecule has 23 heavy (non-hydrogen) atoms. The van der Waals surface area contributed by atoms with Crippen LogP contribution in [0.4, 0.5) is 0 Å². The summed E-state index contributed by atoms with van der Waals surface area (Å²) in [6.45, 7) is 18.3. The van der Waals surface area contributed by atoms with Crippen molar-refractivity contribution in [3.8, 4) is 0 Å². The standard InChI is InChI=1S/C17H36O4Si2/c1-17(2,13-15(18)20-9-11-22(3,4)5)14-16(19)21-10-12-23(6,7)8/h9-14H2,1-8H3. The minimum atomic E-state index is -1.19. The van der Waals surface area contributed by atoms with E-state index in [0.717, 1.165) is 12.1 Å². The quantitative estimate of drug-likeness (QED) is 0.423. The average molecular weight is 361 g/mol. The first-order chi connectivity index (χ1) is 10.2. The third-order valence-corrected chi connectivity index (χ3v) is 6.88. The molecule has 0 saturated heterocycles. The molecule has 0 aromatic carbocycles. The van der Waals surface area contributed by atoms with Crippen LogP contribution in [0.2, 0.25) is 51.4 Å². The zero-order valence-electron chi connectivity index (χ0n) is 16.4. The summed E-state index contributed by atoms with van der Waals surface area (Å²) < 4.78 is 10.6. The van der Waals surface area contributed by atoms with E-state index in [2.05, 4.69) is 39.3 Å². The highest BCUT2D eigenvalue weighted by Crippen LogP contribution is 2.26. The molecule has 0 fully saturated rings. The summed E-state index contributed by atoms with van der Waals surface area (Å²) in [6, 6.07) is 1.94. The largest absolute Gasteiger partial charge is 0.466 e. The van der Waals surface area contributed by atoms with Crippen LogP contribution in [0.1, 0.15) is 26.7 Å². The molecule has 4 nitrogen and oxygen atoms in total. The first-order valence-corrected chi connectivity index (χ1v) is 15.9. The number of rotatable bonds is 10. The minimum Gasteiger partial charge on any atom is -0.466 e. The van der Waals surface area contributed by atoms with E-state index in [4.69, 9.17) is 9.47 Å². The van der Waals surface area contributed by atoms with E-state index in [1.807, 2.05) is 13.8 Å². The van der Waals surface area contributed by atoms with Crippen molar-refractivity contribution in [3.63, 3.8) is 0 Å². The van der Waals surface area contributed by atoms with Gasteiger partial charge in [0.25, 0.3) is 0 Å². The van der Waals surface area contributed by atoms with E-state index in [1.165, 1.54) is 0 Å². The molecule has 136 valence electrons. The van der Waals surface area contributed by atoms with Gasteiger partial charge in [0.15, 0.2) is 0 Å². The Kier molecular flexibility index (Phi) is 8.77. The Balaban J connectivity index is 4.11. The van der Waals surface area contributed by atoms with Gasteiger partial charge in [-0.25, -0.2) is 0 Å². The lowest BCUT2D eigenvalue weighted by atomic mass is 9.86. The predicted molar refractivity (Wildman–Crippen MR) is 101 cm³/mol. The van der Waals surface area contributed by atoms with Crippen molar-refractivity contribution in [1.82, 2.24) is 0 Å². The van der Waals surface area contributed by atoms with Gasteiger partial charge in [-0.05, 0) is 17.5 Å². The van der Waals surface area contributed by atoms with Crippen molar-refractivity contribution in [1.29, 1.82) is 0 Å². The van der Waals surface area contributed by atoms with Crippen LogP contribution in [0.25, 0.3) is 0 Å². The molecule has 0 aliphatic heterocycles. The second-order valence-corrected chi connectivity index (χ2v) is 20.8. The van der Waals surface area contributed by atoms with E-state index in [-0.39, 0.29) is 24.8 Å². The van der Waals surface area contributed by atoms with Gasteiger partial charge < -0.3 is 9.47 Å². The average Bonchev–Trinajstić information content (AvgIpc) is 2.22. The van der Waals surface area contributed by atoms with Crippen molar-refractivity contribution in [3.05, 3.63) is 0 Å². The molecule has 0 radical (unpaired) electrons. The van der Waals surface area contributed by atoms with Crippen LogP contribution in [0, 0.1) is 5.41 Å². The van der Waals surface area contributed by atoms with E-state index in [0.29, 0.717) is 13.2 Å². The number of esters is 2. The van der Waals surface area contributed by atoms with Crippen molar-refractivity contribution < 1.29 is 19.1 Å². The van der Waals surface area contributed by atoms with E-state index in [9.17, 15) is 9.59 Å². The highest BCUT2D eigenvalue weighted by atomic mass is 28.3. The van der Waals surface area contributed by atoms with Gasteiger partial charge in [0, 0.05) is 16.1 Å². The third-order valence-electron chi connectivity index (χ3n) is 3.48. The summed E-state index contributed by atoms with van der Waals surface area (Å²) in [5, 5.41) is 0. The Morgan fingerprint density at radius 1 is 0.739 bits per heavy atom. The molecule has 0 aromatic rings. The fraction of sp³-hybridized carbons (Fsp3) is 0.882. The van der Waals surface area contributed by atoms with E-state index < -0.39 is 21.6 Å². The third kappa shape index (κ3) is 14.7. The van der Waals surface area contributed by atoms with Crippen LogP contribution in [-0.2, 0) is 19.1 Å². The zero-order chi connectivity index (χ0) is 18.3. The van der Waals surface area contributed by atoms with Crippen LogP contribution >= 0.6 is 0 Å². The molecule has 0 N–H and O–H groups in total. The molecule has 0 saturated carbocycles. The van der Waals surface area contributed by atoms with Crippen LogP contribution in [0.3, 0.4) is 0 Å².